The molecule has 4 aromatic rings. The van der Waals surface area contributed by atoms with Crippen molar-refractivity contribution < 1.29 is 4.74 Å². The van der Waals surface area contributed by atoms with Crippen LogP contribution in [0.15, 0.2) is 18.6 Å². The van der Waals surface area contributed by atoms with Crippen LogP contribution in [0.2, 0.25) is 0 Å². The van der Waals surface area contributed by atoms with Gasteiger partial charge in [-0.05, 0) is 44.7 Å². The van der Waals surface area contributed by atoms with Crippen molar-refractivity contribution >= 4 is 27.3 Å². The molecule has 176 valence electrons. The van der Waals surface area contributed by atoms with Crippen LogP contribution in [0.5, 0.6) is 5.75 Å². The summed E-state index contributed by atoms with van der Waals surface area (Å²) in [5.74, 6) is 1.62. The molecule has 9 heteroatoms. The fourth-order valence-corrected chi connectivity index (χ4v) is 6.15. The van der Waals surface area contributed by atoms with Crippen molar-refractivity contribution in [3.05, 3.63) is 29.2 Å². The van der Waals surface area contributed by atoms with E-state index in [1.807, 2.05) is 30.6 Å². The number of nitrogens with zero attached hydrogens (tertiary/aromatic N) is 4. The minimum atomic E-state index is 0.341. The second-order valence-electron chi connectivity index (χ2n) is 9.23. The van der Waals surface area contributed by atoms with E-state index in [0.29, 0.717) is 23.6 Å². The molecule has 0 bridgehead atoms. The highest BCUT2D eigenvalue weighted by Gasteiger charge is 2.27. The zero-order chi connectivity index (χ0) is 22.9. The van der Waals surface area contributed by atoms with Gasteiger partial charge in [-0.2, -0.15) is 5.10 Å². The highest BCUT2D eigenvalue weighted by molar-refractivity contribution is 7.18. The predicted molar refractivity (Wildman–Crippen MR) is 134 cm³/mol. The lowest BCUT2D eigenvalue weighted by molar-refractivity contribution is 0.343. The zero-order valence-electron chi connectivity index (χ0n) is 19.8. The number of rotatable bonds is 8. The highest BCUT2D eigenvalue weighted by atomic mass is 32.1. The van der Waals surface area contributed by atoms with Gasteiger partial charge in [-0.1, -0.05) is 13.8 Å². The summed E-state index contributed by atoms with van der Waals surface area (Å²) in [5, 5.41) is 12.5. The fraction of sp³-hybridized carbons (Fsp3) is 0.542. The fourth-order valence-electron chi connectivity index (χ4n) is 5.00. The summed E-state index contributed by atoms with van der Waals surface area (Å²) in [4.78, 5) is 14.3. The maximum Gasteiger partial charge on any atom is 0.197 e. The van der Waals surface area contributed by atoms with Crippen molar-refractivity contribution in [2.24, 2.45) is 0 Å². The summed E-state index contributed by atoms with van der Waals surface area (Å²) in [6.07, 6.45) is 8.42. The molecule has 1 saturated carbocycles. The number of ether oxygens (including phenoxy) is 1. The van der Waals surface area contributed by atoms with Gasteiger partial charge in [0, 0.05) is 42.4 Å². The lowest BCUT2D eigenvalue weighted by atomic mass is 9.86. The smallest absolute Gasteiger partial charge is 0.197 e. The molecule has 1 fully saturated rings. The zero-order valence-corrected chi connectivity index (χ0v) is 20.6. The Morgan fingerprint density at radius 3 is 2.79 bits per heavy atom. The summed E-state index contributed by atoms with van der Waals surface area (Å²) < 4.78 is 7.36. The number of hydrogen-bond donors (Lipinski definition) is 3. The summed E-state index contributed by atoms with van der Waals surface area (Å²) in [6.45, 7) is 6.53. The van der Waals surface area contributed by atoms with Crippen LogP contribution in [-0.2, 0) is 0 Å². The Labute approximate surface area is 198 Å². The number of thiazole rings is 1. The lowest BCUT2D eigenvalue weighted by Crippen LogP contribution is -2.36. The minimum absolute atomic E-state index is 0.341. The first-order chi connectivity index (χ1) is 16.1. The van der Waals surface area contributed by atoms with Gasteiger partial charge in [-0.3, -0.25) is 0 Å². The molecule has 0 atom stereocenters. The molecule has 3 N–H and O–H groups in total. The number of likely N-dealkylation sites (N-methyl/N-ethyl adjacent to an activating group) is 1. The summed E-state index contributed by atoms with van der Waals surface area (Å²) in [5.41, 5.74) is 5.23. The van der Waals surface area contributed by atoms with Gasteiger partial charge in [0.05, 0.1) is 17.8 Å². The second kappa shape index (κ2) is 9.40. The van der Waals surface area contributed by atoms with Crippen molar-refractivity contribution in [2.75, 3.05) is 27.2 Å². The van der Waals surface area contributed by atoms with Crippen LogP contribution in [0.3, 0.4) is 0 Å². The average molecular weight is 468 g/mol. The van der Waals surface area contributed by atoms with Gasteiger partial charge in [0.15, 0.2) is 11.4 Å². The van der Waals surface area contributed by atoms with Crippen LogP contribution in [0.4, 0.5) is 0 Å². The second-order valence-corrected chi connectivity index (χ2v) is 10.3. The predicted octanol–water partition coefficient (Wildman–Crippen LogP) is 4.30. The van der Waals surface area contributed by atoms with E-state index in [1.165, 1.54) is 36.3 Å². The molecular formula is C24H33N7OS. The Balaban J connectivity index is 1.43. The molecule has 33 heavy (non-hydrogen) atoms. The van der Waals surface area contributed by atoms with E-state index < -0.39 is 0 Å². The monoisotopic (exact) mass is 467 g/mol. The summed E-state index contributed by atoms with van der Waals surface area (Å²) in [7, 11) is 3.67. The van der Waals surface area contributed by atoms with Gasteiger partial charge >= 0.3 is 0 Å². The van der Waals surface area contributed by atoms with Crippen molar-refractivity contribution in [1.29, 1.82) is 0 Å². The van der Waals surface area contributed by atoms with Crippen LogP contribution >= 0.6 is 11.3 Å². The first-order valence-corrected chi connectivity index (χ1v) is 12.7. The maximum atomic E-state index is 5.58. The number of fused-ring (bicyclic) bond motifs is 2. The van der Waals surface area contributed by atoms with Gasteiger partial charge in [0.25, 0.3) is 0 Å². The number of methoxy groups -OCH3 is 1. The normalized spacial score (nSPS) is 19.2. The average Bonchev–Trinajstić information content (AvgIpc) is 3.53. The molecular weight excluding hydrogens is 434 g/mol. The third kappa shape index (κ3) is 4.25. The lowest BCUT2D eigenvalue weighted by Gasteiger charge is -2.28. The molecule has 0 amide bonds. The molecule has 5 rings (SSSR count). The van der Waals surface area contributed by atoms with Crippen molar-refractivity contribution in [1.82, 2.24) is 35.2 Å². The maximum absolute atomic E-state index is 5.58. The van der Waals surface area contributed by atoms with E-state index in [-0.39, 0.29) is 0 Å². The SMILES string of the molecule is CNCCNC1CCC(c2nc3c(C(C)C)c(-c4cc(OC)c5ncnn5c4)[nH]c3s2)CC1. The van der Waals surface area contributed by atoms with Crippen LogP contribution in [0, 0.1) is 0 Å². The number of aromatic amines is 1. The van der Waals surface area contributed by atoms with Gasteiger partial charge in [-0.25, -0.2) is 14.5 Å². The topological polar surface area (TPSA) is 92.2 Å². The third-order valence-electron chi connectivity index (χ3n) is 6.72. The Morgan fingerprint density at radius 1 is 1.24 bits per heavy atom. The van der Waals surface area contributed by atoms with Crippen molar-refractivity contribution in [2.45, 2.75) is 57.4 Å². The summed E-state index contributed by atoms with van der Waals surface area (Å²) >= 11 is 1.83. The minimum Gasteiger partial charge on any atom is -0.493 e. The van der Waals surface area contributed by atoms with Crippen LogP contribution in [-0.4, -0.2) is 57.9 Å². The molecule has 4 aromatic heterocycles. The Bertz CT molecular complexity index is 1230. The first kappa shape index (κ1) is 22.3. The van der Waals surface area contributed by atoms with E-state index in [4.69, 9.17) is 9.72 Å². The third-order valence-corrected chi connectivity index (χ3v) is 7.85. The molecule has 0 aliphatic heterocycles. The quantitative estimate of drug-likeness (QED) is 0.335. The number of nitrogens with one attached hydrogen (secondary N) is 3. The van der Waals surface area contributed by atoms with Gasteiger partial charge in [-0.15, -0.1) is 11.3 Å². The standard InChI is InChI=1S/C24H33N7OS/c1-14(2)19-20(16-11-18(32-4)22-27-13-28-31(22)12-16)29-24-21(19)30-23(33-24)15-5-7-17(8-6-15)26-10-9-25-3/h11-15,17,25-26,29H,5-10H2,1-4H3. The number of pyridine rings is 1. The molecule has 1 aliphatic rings. The summed E-state index contributed by atoms with van der Waals surface area (Å²) in [6, 6.07) is 2.67. The molecule has 0 unspecified atom stereocenters. The number of hydrogen-bond acceptors (Lipinski definition) is 7. The Kier molecular flexibility index (Phi) is 6.36. The van der Waals surface area contributed by atoms with E-state index >= 15 is 0 Å². The largest absolute Gasteiger partial charge is 0.493 e. The van der Waals surface area contributed by atoms with E-state index in [9.17, 15) is 0 Å². The van der Waals surface area contributed by atoms with E-state index in [1.54, 1.807) is 18.0 Å². The molecule has 4 heterocycles. The molecule has 0 radical (unpaired) electrons. The van der Waals surface area contributed by atoms with Crippen LogP contribution in [0.1, 0.15) is 61.9 Å². The first-order valence-electron chi connectivity index (χ1n) is 11.9. The molecule has 1 aliphatic carbocycles. The van der Waals surface area contributed by atoms with Crippen molar-refractivity contribution in [3.8, 4) is 17.0 Å². The van der Waals surface area contributed by atoms with Crippen molar-refractivity contribution in [3.63, 3.8) is 0 Å². The van der Waals surface area contributed by atoms with Crippen LogP contribution in [0.25, 0.3) is 27.3 Å². The molecule has 8 nitrogen and oxygen atoms in total. The number of aromatic nitrogens is 5. The highest BCUT2D eigenvalue weighted by Crippen LogP contribution is 2.42. The van der Waals surface area contributed by atoms with E-state index in [0.717, 1.165) is 40.3 Å². The molecule has 0 aromatic carbocycles. The van der Waals surface area contributed by atoms with E-state index in [2.05, 4.69) is 39.5 Å². The van der Waals surface area contributed by atoms with Gasteiger partial charge in [0.2, 0.25) is 0 Å². The molecule has 0 spiro atoms. The number of H-pyrrole nitrogens is 1. The van der Waals surface area contributed by atoms with Crippen LogP contribution < -0.4 is 15.4 Å². The Hall–Kier alpha value is -2.49. The van der Waals surface area contributed by atoms with Gasteiger partial charge < -0.3 is 20.4 Å². The molecule has 0 saturated heterocycles. The van der Waals surface area contributed by atoms with Gasteiger partial charge in [0.1, 0.15) is 16.7 Å². The Morgan fingerprint density at radius 2 is 2.06 bits per heavy atom.